The lowest BCUT2D eigenvalue weighted by molar-refractivity contribution is -0.167. The van der Waals surface area contributed by atoms with E-state index in [0.717, 1.165) is 148 Å². The van der Waals surface area contributed by atoms with Gasteiger partial charge < -0.3 is 14.2 Å². The lowest BCUT2D eigenvalue weighted by atomic mass is 10.1. The van der Waals surface area contributed by atoms with Gasteiger partial charge >= 0.3 is 17.9 Å². The van der Waals surface area contributed by atoms with Gasteiger partial charge in [0.15, 0.2) is 6.10 Å². The first-order chi connectivity index (χ1) is 40.0. The van der Waals surface area contributed by atoms with Crippen LogP contribution in [0.5, 0.6) is 0 Å². The highest BCUT2D eigenvalue weighted by Gasteiger charge is 2.19. The number of carbonyl (C=O) groups is 3. The molecule has 0 saturated carbocycles. The SMILES string of the molecule is CC/C=C\C/C=C\C/C=C\C/C=C\C/C=C\C/C=C\C/C=C\C/C=C\C/C=C\CCCC(=O)OCC(COC(=O)CCCCCCCCCCC)OC(=O)CCCCC/C=C\C/C=C\C/C=C\C/C=C\C/C=C\C/C=C\C/C=C\CC. The summed E-state index contributed by atoms with van der Waals surface area (Å²) in [4.78, 5) is 38.2. The van der Waals surface area contributed by atoms with Gasteiger partial charge in [0.1, 0.15) is 13.2 Å². The van der Waals surface area contributed by atoms with Crippen LogP contribution in [-0.4, -0.2) is 37.2 Å². The molecule has 1 atom stereocenters. The molecule has 0 N–H and O–H groups in total. The summed E-state index contributed by atoms with van der Waals surface area (Å²) < 4.78 is 16.8. The average Bonchev–Trinajstić information content (AvgIpc) is 3.47. The normalized spacial score (nSPS) is 13.5. The van der Waals surface area contributed by atoms with E-state index in [1.807, 2.05) is 0 Å². The third-order valence-electron chi connectivity index (χ3n) is 12.6. The van der Waals surface area contributed by atoms with Crippen LogP contribution in [0.3, 0.4) is 0 Å². The van der Waals surface area contributed by atoms with Crippen LogP contribution in [0.2, 0.25) is 0 Å². The quantitative estimate of drug-likeness (QED) is 0.0261. The Morgan fingerprint density at radius 3 is 0.802 bits per heavy atom. The Bertz CT molecular complexity index is 1950. The van der Waals surface area contributed by atoms with Crippen LogP contribution < -0.4 is 0 Å². The van der Waals surface area contributed by atoms with Crippen molar-refractivity contribution in [2.24, 2.45) is 0 Å². The molecule has 0 bridgehead atoms. The molecule has 6 nitrogen and oxygen atoms in total. The van der Waals surface area contributed by atoms with E-state index in [2.05, 4.69) is 215 Å². The number of hydrogen-bond acceptors (Lipinski definition) is 6. The van der Waals surface area contributed by atoms with Crippen molar-refractivity contribution in [3.05, 3.63) is 194 Å². The fourth-order valence-electron chi connectivity index (χ4n) is 7.89. The van der Waals surface area contributed by atoms with Crippen LogP contribution in [0.4, 0.5) is 0 Å². The Hall–Kier alpha value is -5.75. The predicted molar refractivity (Wildman–Crippen MR) is 352 cm³/mol. The molecule has 0 saturated heterocycles. The minimum Gasteiger partial charge on any atom is -0.462 e. The molecule has 1 unspecified atom stereocenters. The van der Waals surface area contributed by atoms with E-state index in [1.165, 1.54) is 38.5 Å². The Kier molecular flexibility index (Phi) is 62.0. The molecule has 0 amide bonds. The van der Waals surface area contributed by atoms with Gasteiger partial charge in [-0.15, -0.1) is 0 Å². The molecule has 0 aromatic rings. The van der Waals surface area contributed by atoms with Crippen molar-refractivity contribution in [1.29, 1.82) is 0 Å². The summed E-state index contributed by atoms with van der Waals surface area (Å²) in [5, 5.41) is 0. The number of carbonyl (C=O) groups excluding carboxylic acids is 3. The van der Waals surface area contributed by atoms with Crippen molar-refractivity contribution in [3.8, 4) is 0 Å². The second kappa shape index (κ2) is 66.8. The van der Waals surface area contributed by atoms with E-state index < -0.39 is 6.10 Å². The largest absolute Gasteiger partial charge is 0.462 e. The summed E-state index contributed by atoms with van der Waals surface area (Å²) >= 11 is 0. The van der Waals surface area contributed by atoms with Crippen molar-refractivity contribution < 1.29 is 28.6 Å². The summed E-state index contributed by atoms with van der Waals surface area (Å²) in [6.07, 6.45) is 102. The van der Waals surface area contributed by atoms with Gasteiger partial charge in [0.05, 0.1) is 0 Å². The van der Waals surface area contributed by atoms with Crippen molar-refractivity contribution >= 4 is 17.9 Å². The van der Waals surface area contributed by atoms with Crippen molar-refractivity contribution in [2.45, 2.75) is 245 Å². The van der Waals surface area contributed by atoms with Crippen LogP contribution in [0, 0.1) is 0 Å². The first-order valence-corrected chi connectivity index (χ1v) is 31.9. The van der Waals surface area contributed by atoms with E-state index in [4.69, 9.17) is 14.2 Å². The lowest BCUT2D eigenvalue weighted by Gasteiger charge is -2.18. The number of allylic oxidation sites excluding steroid dienone is 32. The van der Waals surface area contributed by atoms with Crippen LogP contribution >= 0.6 is 0 Å². The summed E-state index contributed by atoms with van der Waals surface area (Å²) in [5.41, 5.74) is 0. The third-order valence-corrected chi connectivity index (χ3v) is 12.6. The van der Waals surface area contributed by atoms with Gasteiger partial charge in [-0.3, -0.25) is 14.4 Å². The first-order valence-electron chi connectivity index (χ1n) is 31.9. The van der Waals surface area contributed by atoms with Gasteiger partial charge in [0.2, 0.25) is 0 Å². The van der Waals surface area contributed by atoms with Gasteiger partial charge in [0, 0.05) is 19.3 Å². The number of rotatable bonds is 55. The minimum atomic E-state index is -0.830. The van der Waals surface area contributed by atoms with E-state index >= 15 is 0 Å². The molecule has 0 fully saturated rings. The molecule has 0 aromatic heterocycles. The maximum absolute atomic E-state index is 12.9. The molecule has 0 aliphatic rings. The summed E-state index contributed by atoms with van der Waals surface area (Å²) in [6.45, 7) is 6.30. The molecule has 450 valence electrons. The molecular weight excluding hydrogens is 997 g/mol. The number of ether oxygens (including phenoxy) is 3. The molecule has 0 radical (unpaired) electrons. The van der Waals surface area contributed by atoms with Crippen molar-refractivity contribution in [3.63, 3.8) is 0 Å². The van der Waals surface area contributed by atoms with Gasteiger partial charge in [-0.05, 0) is 141 Å². The maximum atomic E-state index is 12.9. The average molecular weight is 1110 g/mol. The fraction of sp³-hybridized carbons (Fsp3) is 0.533. The highest BCUT2D eigenvalue weighted by Crippen LogP contribution is 2.13. The molecular formula is C75H114O6. The topological polar surface area (TPSA) is 78.9 Å². The van der Waals surface area contributed by atoms with E-state index in [1.54, 1.807) is 0 Å². The zero-order valence-electron chi connectivity index (χ0n) is 51.5. The zero-order valence-corrected chi connectivity index (χ0v) is 51.5. The molecule has 0 rings (SSSR count). The maximum Gasteiger partial charge on any atom is 0.306 e. The summed E-state index contributed by atoms with van der Waals surface area (Å²) in [7, 11) is 0. The standard InChI is InChI=1S/C75H114O6/c1-4-7-10-13-16-19-21-23-25-27-29-31-33-35-36-37-38-40-41-43-45-47-49-51-53-56-59-62-65-68-74(77)80-71-72(70-79-73(76)67-64-61-58-55-18-15-12-9-6-3)81-75(78)69-66-63-60-57-54-52-50-48-46-44-42-39-34-32-30-28-26-24-22-20-17-14-11-8-5-2/h7-8,10-11,16-17,19-20,23-26,29-32,35-36,38-40,42-43,45-46,48-49,51-52,54,56,59,72H,4-6,9,12-15,18,21-22,27-28,33-34,37,41,44,47,50,53,55,57-58,60-71H2,1-3H3/b10-7-,11-8-,19-16-,20-17-,25-23-,26-24-,31-29-,32-30-,36-35-,40-38-,42-39-,45-43-,48-46-,51-49-,54-52-,59-56-. The van der Waals surface area contributed by atoms with E-state index in [9.17, 15) is 14.4 Å². The Labute approximate surface area is 497 Å². The van der Waals surface area contributed by atoms with Crippen molar-refractivity contribution in [2.75, 3.05) is 13.2 Å². The van der Waals surface area contributed by atoms with Gasteiger partial charge in [0.25, 0.3) is 0 Å². The Morgan fingerprint density at radius 2 is 0.494 bits per heavy atom. The third kappa shape index (κ3) is 64.9. The molecule has 0 heterocycles. The Balaban J connectivity index is 4.46. The lowest BCUT2D eigenvalue weighted by Crippen LogP contribution is -2.30. The van der Waals surface area contributed by atoms with Crippen molar-refractivity contribution in [1.82, 2.24) is 0 Å². The zero-order chi connectivity index (χ0) is 58.5. The number of hydrogen-bond donors (Lipinski definition) is 0. The van der Waals surface area contributed by atoms with Crippen LogP contribution in [0.1, 0.15) is 239 Å². The monoisotopic (exact) mass is 1110 g/mol. The molecule has 0 aliphatic carbocycles. The van der Waals surface area contributed by atoms with Crippen LogP contribution in [-0.2, 0) is 28.6 Å². The number of esters is 3. The van der Waals surface area contributed by atoms with Crippen LogP contribution in [0.15, 0.2) is 194 Å². The van der Waals surface area contributed by atoms with Gasteiger partial charge in [-0.25, -0.2) is 0 Å². The van der Waals surface area contributed by atoms with Gasteiger partial charge in [-0.2, -0.15) is 0 Å². The second-order valence-electron chi connectivity index (χ2n) is 20.2. The molecule has 6 heteroatoms. The summed E-state index contributed by atoms with van der Waals surface area (Å²) in [6, 6.07) is 0. The molecule has 0 spiro atoms. The molecule has 0 aliphatic heterocycles. The smallest absolute Gasteiger partial charge is 0.306 e. The first kappa shape index (κ1) is 75.2. The minimum absolute atomic E-state index is 0.119. The highest BCUT2D eigenvalue weighted by atomic mass is 16.6. The molecule has 0 aromatic carbocycles. The van der Waals surface area contributed by atoms with Crippen LogP contribution in [0.25, 0.3) is 0 Å². The fourth-order valence-corrected chi connectivity index (χ4v) is 7.89. The van der Waals surface area contributed by atoms with Gasteiger partial charge in [-0.1, -0.05) is 273 Å². The highest BCUT2D eigenvalue weighted by molar-refractivity contribution is 5.71. The number of unbranched alkanes of at least 4 members (excludes halogenated alkanes) is 12. The second-order valence-corrected chi connectivity index (χ2v) is 20.2. The summed E-state index contributed by atoms with van der Waals surface area (Å²) in [5.74, 6) is -1.03. The van der Waals surface area contributed by atoms with E-state index in [0.29, 0.717) is 19.3 Å². The molecule has 81 heavy (non-hydrogen) atoms. The Morgan fingerprint density at radius 1 is 0.259 bits per heavy atom. The predicted octanol–water partition coefficient (Wildman–Crippen LogP) is 22.2. The van der Waals surface area contributed by atoms with E-state index in [-0.39, 0.29) is 44.0 Å².